The summed E-state index contributed by atoms with van der Waals surface area (Å²) in [6.07, 6.45) is 0.926. The van der Waals surface area contributed by atoms with Crippen LogP contribution in [0.5, 0.6) is 0 Å². The molecule has 72 valence electrons. The smallest absolute Gasteiger partial charge is 0.0264 e. The zero-order valence-electron chi connectivity index (χ0n) is 7.63. The van der Waals surface area contributed by atoms with Gasteiger partial charge in [-0.05, 0) is 28.8 Å². The standard InChI is InChI=1S/C12H10BrCl/c13-12-6-5-9(7-8-14)10-3-1-2-4-11(10)12/h1-6H,7-8H2. The molecule has 0 fully saturated rings. The highest BCUT2D eigenvalue weighted by atomic mass is 79.9. The third-order valence-corrected chi connectivity index (χ3v) is 3.21. The van der Waals surface area contributed by atoms with Gasteiger partial charge in [-0.25, -0.2) is 0 Å². The van der Waals surface area contributed by atoms with Crippen molar-refractivity contribution in [3.8, 4) is 0 Å². The Balaban J connectivity index is 2.68. The number of benzene rings is 2. The van der Waals surface area contributed by atoms with Crippen molar-refractivity contribution in [2.45, 2.75) is 6.42 Å². The molecule has 2 rings (SSSR count). The number of alkyl halides is 1. The zero-order chi connectivity index (χ0) is 9.97. The fraction of sp³-hybridized carbons (Fsp3) is 0.167. The van der Waals surface area contributed by atoms with Gasteiger partial charge in [-0.3, -0.25) is 0 Å². The largest absolute Gasteiger partial charge is 0.126 e. The molecule has 0 heterocycles. The van der Waals surface area contributed by atoms with Crippen LogP contribution in [-0.4, -0.2) is 5.88 Å². The number of rotatable bonds is 2. The molecular formula is C12H10BrCl. The molecule has 0 saturated heterocycles. The molecule has 0 aliphatic heterocycles. The summed E-state index contributed by atoms with van der Waals surface area (Å²) in [6, 6.07) is 12.6. The summed E-state index contributed by atoms with van der Waals surface area (Å²) in [5, 5.41) is 2.55. The van der Waals surface area contributed by atoms with Crippen LogP contribution in [0.3, 0.4) is 0 Å². The Hall–Kier alpha value is -0.530. The zero-order valence-corrected chi connectivity index (χ0v) is 9.98. The first kappa shape index (κ1) is 10.0. The molecule has 0 atom stereocenters. The molecule has 2 aromatic carbocycles. The Labute approximate surface area is 97.0 Å². The molecule has 14 heavy (non-hydrogen) atoms. The van der Waals surface area contributed by atoms with Crippen LogP contribution in [-0.2, 0) is 6.42 Å². The molecule has 0 spiro atoms. The van der Waals surface area contributed by atoms with Crippen molar-refractivity contribution in [2.75, 3.05) is 5.88 Å². The van der Waals surface area contributed by atoms with Crippen LogP contribution >= 0.6 is 27.5 Å². The Morgan fingerprint density at radius 3 is 2.43 bits per heavy atom. The summed E-state index contributed by atoms with van der Waals surface area (Å²) < 4.78 is 1.14. The van der Waals surface area contributed by atoms with Gasteiger partial charge in [-0.2, -0.15) is 0 Å². The monoisotopic (exact) mass is 268 g/mol. The summed E-state index contributed by atoms with van der Waals surface area (Å²) >= 11 is 9.31. The predicted molar refractivity (Wildman–Crippen MR) is 66.1 cm³/mol. The summed E-state index contributed by atoms with van der Waals surface area (Å²) in [5.74, 6) is 0.672. The van der Waals surface area contributed by atoms with Gasteiger partial charge in [0.05, 0.1) is 0 Å². The topological polar surface area (TPSA) is 0 Å². The van der Waals surface area contributed by atoms with E-state index in [1.807, 2.05) is 0 Å². The van der Waals surface area contributed by atoms with Crippen molar-refractivity contribution in [1.29, 1.82) is 0 Å². The van der Waals surface area contributed by atoms with Crippen molar-refractivity contribution >= 4 is 38.3 Å². The van der Waals surface area contributed by atoms with Crippen molar-refractivity contribution in [2.24, 2.45) is 0 Å². The van der Waals surface area contributed by atoms with Gasteiger partial charge in [0.2, 0.25) is 0 Å². The average Bonchev–Trinajstić information content (AvgIpc) is 2.23. The second-order valence-electron chi connectivity index (χ2n) is 3.19. The van der Waals surface area contributed by atoms with E-state index in [0.29, 0.717) is 5.88 Å². The summed E-state index contributed by atoms with van der Waals surface area (Å²) in [5.41, 5.74) is 1.32. The number of aryl methyl sites for hydroxylation is 1. The van der Waals surface area contributed by atoms with E-state index >= 15 is 0 Å². The van der Waals surface area contributed by atoms with Gasteiger partial charge >= 0.3 is 0 Å². The van der Waals surface area contributed by atoms with Gasteiger partial charge in [0, 0.05) is 10.4 Å². The van der Waals surface area contributed by atoms with E-state index in [2.05, 4.69) is 52.3 Å². The number of hydrogen-bond acceptors (Lipinski definition) is 0. The van der Waals surface area contributed by atoms with Crippen molar-refractivity contribution in [3.63, 3.8) is 0 Å². The van der Waals surface area contributed by atoms with E-state index in [-0.39, 0.29) is 0 Å². The fourth-order valence-corrected chi connectivity index (χ4v) is 2.33. The lowest BCUT2D eigenvalue weighted by Crippen LogP contribution is -1.88. The molecule has 2 heteroatoms. The second-order valence-corrected chi connectivity index (χ2v) is 4.42. The fourth-order valence-electron chi connectivity index (χ4n) is 1.64. The molecule has 0 bridgehead atoms. The number of halogens is 2. The molecule has 0 aromatic heterocycles. The van der Waals surface area contributed by atoms with Crippen LogP contribution in [0.25, 0.3) is 10.8 Å². The molecular weight excluding hydrogens is 259 g/mol. The van der Waals surface area contributed by atoms with E-state index in [0.717, 1.165) is 10.9 Å². The van der Waals surface area contributed by atoms with Gasteiger partial charge < -0.3 is 0 Å². The van der Waals surface area contributed by atoms with Crippen molar-refractivity contribution < 1.29 is 0 Å². The Morgan fingerprint density at radius 2 is 1.71 bits per heavy atom. The lowest BCUT2D eigenvalue weighted by Gasteiger charge is -2.06. The van der Waals surface area contributed by atoms with Crippen LogP contribution in [0.2, 0.25) is 0 Å². The Bertz CT molecular complexity index is 451. The van der Waals surface area contributed by atoms with Gasteiger partial charge in [-0.15, -0.1) is 11.6 Å². The summed E-state index contributed by atoms with van der Waals surface area (Å²) in [6.45, 7) is 0. The molecule has 0 radical (unpaired) electrons. The molecule has 0 nitrogen and oxygen atoms in total. The van der Waals surface area contributed by atoms with Crippen LogP contribution in [0.1, 0.15) is 5.56 Å². The molecule has 0 aliphatic carbocycles. The highest BCUT2D eigenvalue weighted by Crippen LogP contribution is 2.27. The third-order valence-electron chi connectivity index (χ3n) is 2.32. The van der Waals surface area contributed by atoms with Crippen LogP contribution in [0.4, 0.5) is 0 Å². The summed E-state index contributed by atoms with van der Waals surface area (Å²) in [4.78, 5) is 0. The van der Waals surface area contributed by atoms with Gasteiger partial charge in [0.1, 0.15) is 0 Å². The molecule has 0 amide bonds. The van der Waals surface area contributed by atoms with E-state index in [4.69, 9.17) is 11.6 Å². The first-order valence-corrected chi connectivity index (χ1v) is 5.88. The molecule has 0 unspecified atom stereocenters. The maximum Gasteiger partial charge on any atom is 0.0264 e. The minimum atomic E-state index is 0.672. The van der Waals surface area contributed by atoms with Crippen LogP contribution in [0.15, 0.2) is 40.9 Å². The van der Waals surface area contributed by atoms with Gasteiger partial charge in [0.15, 0.2) is 0 Å². The normalized spacial score (nSPS) is 10.7. The Kier molecular flexibility index (Phi) is 3.09. The molecule has 0 aliphatic rings. The first-order chi connectivity index (χ1) is 6.83. The maximum atomic E-state index is 5.76. The lowest BCUT2D eigenvalue weighted by molar-refractivity contribution is 1.17. The van der Waals surface area contributed by atoms with Crippen molar-refractivity contribution in [1.82, 2.24) is 0 Å². The number of hydrogen-bond donors (Lipinski definition) is 0. The van der Waals surface area contributed by atoms with Crippen LogP contribution in [0, 0.1) is 0 Å². The SMILES string of the molecule is ClCCc1ccc(Br)c2ccccc12. The van der Waals surface area contributed by atoms with Crippen LogP contribution < -0.4 is 0 Å². The van der Waals surface area contributed by atoms with E-state index in [1.165, 1.54) is 16.3 Å². The Morgan fingerprint density at radius 1 is 1.00 bits per heavy atom. The molecule has 2 aromatic rings. The summed E-state index contributed by atoms with van der Waals surface area (Å²) in [7, 11) is 0. The minimum Gasteiger partial charge on any atom is -0.126 e. The van der Waals surface area contributed by atoms with E-state index in [9.17, 15) is 0 Å². The van der Waals surface area contributed by atoms with Crippen molar-refractivity contribution in [3.05, 3.63) is 46.4 Å². The quantitative estimate of drug-likeness (QED) is 0.710. The first-order valence-electron chi connectivity index (χ1n) is 4.55. The average molecular weight is 270 g/mol. The third kappa shape index (κ3) is 1.79. The molecule has 0 N–H and O–H groups in total. The van der Waals surface area contributed by atoms with Gasteiger partial charge in [-0.1, -0.05) is 46.3 Å². The second kappa shape index (κ2) is 4.33. The predicted octanol–water partition coefficient (Wildman–Crippen LogP) is 4.38. The minimum absolute atomic E-state index is 0.672. The highest BCUT2D eigenvalue weighted by molar-refractivity contribution is 9.10. The highest BCUT2D eigenvalue weighted by Gasteiger charge is 2.02. The van der Waals surface area contributed by atoms with E-state index < -0.39 is 0 Å². The maximum absolute atomic E-state index is 5.76. The van der Waals surface area contributed by atoms with Gasteiger partial charge in [0.25, 0.3) is 0 Å². The lowest BCUT2D eigenvalue weighted by atomic mass is 10.0. The number of fused-ring (bicyclic) bond motifs is 1. The van der Waals surface area contributed by atoms with E-state index in [1.54, 1.807) is 0 Å². The molecule has 0 saturated carbocycles.